The Balaban J connectivity index is 2.78. The van der Waals surface area contributed by atoms with Gasteiger partial charge in [-0.25, -0.2) is 0 Å². The van der Waals surface area contributed by atoms with E-state index in [1.165, 1.54) is 12.1 Å². The van der Waals surface area contributed by atoms with Crippen molar-refractivity contribution in [1.82, 2.24) is 0 Å². The quantitative estimate of drug-likeness (QED) is 0.805. The zero-order chi connectivity index (χ0) is 16.0. The standard InChI is InChI=1S/C13H16BrF3N2O2/c1-2-3-8(7-18)12(20)19-9-4-5-11(10(14)6-9)21-13(15,16)17/h4-6,8H,2-3,7,18H2,1H3,(H,19,20). The molecule has 1 atom stereocenters. The molecule has 0 saturated carbocycles. The Hall–Kier alpha value is -1.28. The fourth-order valence-electron chi connectivity index (χ4n) is 1.73. The van der Waals surface area contributed by atoms with Crippen LogP contribution in [0, 0.1) is 5.92 Å². The fraction of sp³-hybridized carbons (Fsp3) is 0.462. The van der Waals surface area contributed by atoms with E-state index in [4.69, 9.17) is 5.73 Å². The maximum absolute atomic E-state index is 12.1. The Bertz CT molecular complexity index is 495. The van der Waals surface area contributed by atoms with Gasteiger partial charge in [-0.05, 0) is 40.5 Å². The van der Waals surface area contributed by atoms with Crippen LogP contribution in [0.5, 0.6) is 5.75 Å². The average molecular weight is 369 g/mol. The Labute approximate surface area is 129 Å². The van der Waals surface area contributed by atoms with Gasteiger partial charge in [0.05, 0.1) is 10.4 Å². The lowest BCUT2D eigenvalue weighted by molar-refractivity contribution is -0.274. The van der Waals surface area contributed by atoms with Gasteiger partial charge < -0.3 is 15.8 Å². The van der Waals surface area contributed by atoms with Crippen LogP contribution in [0.15, 0.2) is 22.7 Å². The van der Waals surface area contributed by atoms with E-state index < -0.39 is 6.36 Å². The van der Waals surface area contributed by atoms with Crippen LogP contribution in [0.25, 0.3) is 0 Å². The van der Waals surface area contributed by atoms with Crippen LogP contribution >= 0.6 is 15.9 Å². The third-order valence-corrected chi connectivity index (χ3v) is 3.34. The van der Waals surface area contributed by atoms with Crippen LogP contribution in [0.3, 0.4) is 0 Å². The van der Waals surface area contributed by atoms with E-state index in [2.05, 4.69) is 26.0 Å². The van der Waals surface area contributed by atoms with Crippen LogP contribution in [0.1, 0.15) is 19.8 Å². The highest BCUT2D eigenvalue weighted by molar-refractivity contribution is 9.10. The van der Waals surface area contributed by atoms with Gasteiger partial charge in [0, 0.05) is 12.2 Å². The summed E-state index contributed by atoms with van der Waals surface area (Å²) in [6, 6.07) is 3.81. The van der Waals surface area contributed by atoms with E-state index >= 15 is 0 Å². The summed E-state index contributed by atoms with van der Waals surface area (Å²) >= 11 is 2.97. The first-order chi connectivity index (χ1) is 9.76. The van der Waals surface area contributed by atoms with Crippen LogP contribution in [-0.2, 0) is 4.79 Å². The summed E-state index contributed by atoms with van der Waals surface area (Å²) in [6.07, 6.45) is -3.30. The molecule has 0 fully saturated rings. The molecular formula is C13H16BrF3N2O2. The topological polar surface area (TPSA) is 64.4 Å². The lowest BCUT2D eigenvalue weighted by Gasteiger charge is -2.15. The molecular weight excluding hydrogens is 353 g/mol. The summed E-state index contributed by atoms with van der Waals surface area (Å²) in [7, 11) is 0. The van der Waals surface area contributed by atoms with Gasteiger partial charge in [-0.1, -0.05) is 13.3 Å². The molecule has 4 nitrogen and oxygen atoms in total. The van der Waals surface area contributed by atoms with Gasteiger partial charge in [-0.3, -0.25) is 4.79 Å². The monoisotopic (exact) mass is 368 g/mol. The number of nitrogens with two attached hydrogens (primary N) is 1. The highest BCUT2D eigenvalue weighted by atomic mass is 79.9. The van der Waals surface area contributed by atoms with Crippen molar-refractivity contribution in [2.75, 3.05) is 11.9 Å². The number of hydrogen-bond acceptors (Lipinski definition) is 3. The normalized spacial score (nSPS) is 12.9. The van der Waals surface area contributed by atoms with Gasteiger partial charge in [0.25, 0.3) is 0 Å². The van der Waals surface area contributed by atoms with E-state index in [9.17, 15) is 18.0 Å². The largest absolute Gasteiger partial charge is 0.573 e. The van der Waals surface area contributed by atoms with Crippen molar-refractivity contribution >= 4 is 27.5 Å². The van der Waals surface area contributed by atoms with Crippen molar-refractivity contribution in [3.63, 3.8) is 0 Å². The van der Waals surface area contributed by atoms with Gasteiger partial charge in [0.1, 0.15) is 5.75 Å². The van der Waals surface area contributed by atoms with Crippen molar-refractivity contribution in [1.29, 1.82) is 0 Å². The summed E-state index contributed by atoms with van der Waals surface area (Å²) in [5.74, 6) is -0.944. The van der Waals surface area contributed by atoms with Crippen molar-refractivity contribution in [3.05, 3.63) is 22.7 Å². The molecule has 3 N–H and O–H groups in total. The van der Waals surface area contributed by atoms with Gasteiger partial charge in [0.15, 0.2) is 0 Å². The number of hydrogen-bond donors (Lipinski definition) is 2. The van der Waals surface area contributed by atoms with E-state index in [0.29, 0.717) is 12.1 Å². The molecule has 0 spiro atoms. The van der Waals surface area contributed by atoms with E-state index in [1.54, 1.807) is 0 Å². The number of rotatable bonds is 6. The van der Waals surface area contributed by atoms with E-state index in [1.807, 2.05) is 6.92 Å². The molecule has 0 aliphatic rings. The maximum Gasteiger partial charge on any atom is 0.573 e. The predicted molar refractivity (Wildman–Crippen MR) is 76.9 cm³/mol. The minimum Gasteiger partial charge on any atom is -0.405 e. The second kappa shape index (κ2) is 7.65. The van der Waals surface area contributed by atoms with Gasteiger partial charge in [0.2, 0.25) is 5.91 Å². The molecule has 21 heavy (non-hydrogen) atoms. The Morgan fingerprint density at radius 1 is 1.48 bits per heavy atom. The lowest BCUT2D eigenvalue weighted by atomic mass is 10.0. The Kier molecular flexibility index (Phi) is 6.47. The van der Waals surface area contributed by atoms with Crippen molar-refractivity contribution in [2.45, 2.75) is 26.1 Å². The molecule has 0 heterocycles. The molecule has 0 radical (unpaired) electrons. The number of alkyl halides is 3. The molecule has 0 saturated heterocycles. The number of carbonyl (C=O) groups is 1. The molecule has 0 aromatic heterocycles. The number of amides is 1. The van der Waals surface area contributed by atoms with Gasteiger partial charge in [-0.2, -0.15) is 0 Å². The lowest BCUT2D eigenvalue weighted by Crippen LogP contribution is -2.29. The van der Waals surface area contributed by atoms with Crippen LogP contribution in [0.4, 0.5) is 18.9 Å². The number of benzene rings is 1. The molecule has 0 bridgehead atoms. The number of carbonyl (C=O) groups excluding carboxylic acids is 1. The zero-order valence-corrected chi connectivity index (χ0v) is 12.9. The molecule has 8 heteroatoms. The molecule has 1 rings (SSSR count). The third-order valence-electron chi connectivity index (χ3n) is 2.72. The number of nitrogens with one attached hydrogen (secondary N) is 1. The summed E-state index contributed by atoms with van der Waals surface area (Å²) in [5.41, 5.74) is 5.89. The Morgan fingerprint density at radius 3 is 2.62 bits per heavy atom. The summed E-state index contributed by atoms with van der Waals surface area (Å²) in [6.45, 7) is 2.16. The Morgan fingerprint density at radius 2 is 2.14 bits per heavy atom. The SMILES string of the molecule is CCCC(CN)C(=O)Nc1ccc(OC(F)(F)F)c(Br)c1. The zero-order valence-electron chi connectivity index (χ0n) is 11.3. The fourth-order valence-corrected chi connectivity index (χ4v) is 2.19. The minimum absolute atomic E-state index is 0.0948. The summed E-state index contributed by atoms with van der Waals surface area (Å²) in [5, 5.41) is 2.62. The second-order valence-electron chi connectivity index (χ2n) is 4.40. The van der Waals surface area contributed by atoms with E-state index in [0.717, 1.165) is 12.5 Å². The molecule has 1 unspecified atom stereocenters. The van der Waals surface area contributed by atoms with Crippen LogP contribution in [-0.4, -0.2) is 18.8 Å². The number of anilines is 1. The first-order valence-electron chi connectivity index (χ1n) is 6.33. The molecule has 0 aliphatic carbocycles. The van der Waals surface area contributed by atoms with E-state index in [-0.39, 0.29) is 28.6 Å². The highest BCUT2D eigenvalue weighted by Crippen LogP contribution is 2.32. The molecule has 1 aromatic carbocycles. The number of halogens is 4. The van der Waals surface area contributed by atoms with Crippen molar-refractivity contribution in [3.8, 4) is 5.75 Å². The van der Waals surface area contributed by atoms with Gasteiger partial charge >= 0.3 is 6.36 Å². The first kappa shape index (κ1) is 17.8. The second-order valence-corrected chi connectivity index (χ2v) is 5.26. The van der Waals surface area contributed by atoms with Gasteiger partial charge in [-0.15, -0.1) is 13.2 Å². The molecule has 118 valence electrons. The highest BCUT2D eigenvalue weighted by Gasteiger charge is 2.32. The average Bonchev–Trinajstić information content (AvgIpc) is 2.37. The predicted octanol–water partition coefficient (Wildman–Crippen LogP) is 3.66. The molecule has 1 amide bonds. The summed E-state index contributed by atoms with van der Waals surface area (Å²) in [4.78, 5) is 11.9. The summed E-state index contributed by atoms with van der Waals surface area (Å²) < 4.78 is 40.3. The maximum atomic E-state index is 12.1. The first-order valence-corrected chi connectivity index (χ1v) is 7.12. The minimum atomic E-state index is -4.76. The number of ether oxygens (including phenoxy) is 1. The smallest absolute Gasteiger partial charge is 0.405 e. The van der Waals surface area contributed by atoms with Crippen LogP contribution in [0.2, 0.25) is 0 Å². The van der Waals surface area contributed by atoms with Crippen LogP contribution < -0.4 is 15.8 Å². The molecule has 0 aliphatic heterocycles. The van der Waals surface area contributed by atoms with Crippen molar-refractivity contribution in [2.24, 2.45) is 11.7 Å². The van der Waals surface area contributed by atoms with Crippen molar-refractivity contribution < 1.29 is 22.7 Å². The third kappa shape index (κ3) is 5.92. The molecule has 1 aromatic rings.